The van der Waals surface area contributed by atoms with Gasteiger partial charge in [0, 0.05) is 37.2 Å². The fourth-order valence-corrected chi connectivity index (χ4v) is 2.89. The number of nitrogens with zero attached hydrogens (tertiary/aromatic N) is 3. The number of hydrogen-bond donors (Lipinski definition) is 0. The number of ketones is 1. The minimum Gasteiger partial charge on any atom is -0.300 e. The fourth-order valence-electron chi connectivity index (χ4n) is 2.89. The summed E-state index contributed by atoms with van der Waals surface area (Å²) in [6, 6.07) is 1.97. The van der Waals surface area contributed by atoms with E-state index < -0.39 is 0 Å². The molecule has 1 aliphatic rings. The molecule has 3 rings (SSSR count). The zero-order valence-corrected chi connectivity index (χ0v) is 10.6. The molecular weight excluding hydrogens is 226 g/mol. The minimum absolute atomic E-state index is 0.0603. The molecule has 2 aromatic heterocycles. The lowest BCUT2D eigenvalue weighted by molar-refractivity contribution is -0.123. The van der Waals surface area contributed by atoms with Gasteiger partial charge in [-0.25, -0.2) is 0 Å². The molecule has 0 spiro atoms. The molecule has 94 valence electrons. The number of hydrogen-bond acceptors (Lipinski definition) is 3. The lowest BCUT2D eigenvalue weighted by atomic mass is 9.75. The van der Waals surface area contributed by atoms with Crippen LogP contribution in [0.25, 0.3) is 10.9 Å². The van der Waals surface area contributed by atoms with E-state index in [0.717, 1.165) is 36.7 Å². The molecule has 1 saturated carbocycles. The molecule has 1 fully saturated rings. The van der Waals surface area contributed by atoms with Crippen LogP contribution in [-0.2, 0) is 11.3 Å². The predicted molar refractivity (Wildman–Crippen MR) is 69.1 cm³/mol. The van der Waals surface area contributed by atoms with Gasteiger partial charge in [0.2, 0.25) is 0 Å². The molecule has 18 heavy (non-hydrogen) atoms. The third kappa shape index (κ3) is 2.15. The maximum Gasteiger partial charge on any atom is 0.133 e. The zero-order valence-electron chi connectivity index (χ0n) is 10.6. The molecule has 0 bridgehead atoms. The van der Waals surface area contributed by atoms with E-state index in [1.165, 1.54) is 0 Å². The molecular formula is C14H17N3O. The molecule has 0 unspecified atom stereocenters. The van der Waals surface area contributed by atoms with Crippen molar-refractivity contribution >= 4 is 16.7 Å². The van der Waals surface area contributed by atoms with Crippen molar-refractivity contribution in [3.63, 3.8) is 0 Å². The topological polar surface area (TPSA) is 47.8 Å². The van der Waals surface area contributed by atoms with Crippen molar-refractivity contribution < 1.29 is 4.79 Å². The van der Waals surface area contributed by atoms with Gasteiger partial charge in [0.25, 0.3) is 0 Å². The van der Waals surface area contributed by atoms with Gasteiger partial charge in [-0.3, -0.25) is 14.5 Å². The monoisotopic (exact) mass is 243 g/mol. The molecule has 0 aliphatic heterocycles. The Morgan fingerprint density at radius 2 is 2.39 bits per heavy atom. The number of carbonyl (C=O) groups excluding carboxylic acids is 1. The molecule has 0 N–H and O–H groups in total. The Bertz CT molecular complexity index is 556. The second-order valence-electron chi connectivity index (χ2n) is 5.64. The smallest absolute Gasteiger partial charge is 0.133 e. The molecule has 2 heterocycles. The summed E-state index contributed by atoms with van der Waals surface area (Å²) in [4.78, 5) is 15.7. The number of Topliss-reactive ketones (excluding diaryl/α,β-unsaturated/α-hetero) is 1. The van der Waals surface area contributed by atoms with Crippen LogP contribution in [0.15, 0.2) is 24.7 Å². The van der Waals surface area contributed by atoms with Gasteiger partial charge in [0.05, 0.1) is 6.20 Å². The first-order valence-electron chi connectivity index (χ1n) is 6.44. The van der Waals surface area contributed by atoms with E-state index in [0.29, 0.717) is 12.2 Å². The van der Waals surface area contributed by atoms with Gasteiger partial charge in [-0.1, -0.05) is 6.92 Å². The van der Waals surface area contributed by atoms with Crippen LogP contribution in [0.3, 0.4) is 0 Å². The van der Waals surface area contributed by atoms with Gasteiger partial charge in [0.1, 0.15) is 11.3 Å². The van der Waals surface area contributed by atoms with E-state index >= 15 is 0 Å². The van der Waals surface area contributed by atoms with Crippen molar-refractivity contribution in [1.82, 2.24) is 14.8 Å². The first kappa shape index (κ1) is 11.4. The van der Waals surface area contributed by atoms with Crippen LogP contribution in [0.1, 0.15) is 32.6 Å². The summed E-state index contributed by atoms with van der Waals surface area (Å²) >= 11 is 0. The first-order valence-corrected chi connectivity index (χ1v) is 6.44. The summed E-state index contributed by atoms with van der Waals surface area (Å²) in [7, 11) is 0. The Kier molecular flexibility index (Phi) is 2.65. The third-order valence-corrected chi connectivity index (χ3v) is 3.76. The van der Waals surface area contributed by atoms with Crippen LogP contribution in [0, 0.1) is 5.41 Å². The highest BCUT2D eigenvalue weighted by molar-refractivity contribution is 5.80. The van der Waals surface area contributed by atoms with Crippen molar-refractivity contribution in [1.29, 1.82) is 0 Å². The largest absolute Gasteiger partial charge is 0.300 e. The van der Waals surface area contributed by atoms with Crippen molar-refractivity contribution in [3.8, 4) is 0 Å². The summed E-state index contributed by atoms with van der Waals surface area (Å²) in [5, 5.41) is 5.63. The number of aromatic nitrogens is 3. The quantitative estimate of drug-likeness (QED) is 0.814. The van der Waals surface area contributed by atoms with Gasteiger partial charge in [-0.2, -0.15) is 5.10 Å². The maximum atomic E-state index is 11.6. The summed E-state index contributed by atoms with van der Waals surface area (Å²) < 4.78 is 1.96. The summed E-state index contributed by atoms with van der Waals surface area (Å²) in [6.45, 7) is 3.00. The van der Waals surface area contributed by atoms with Gasteiger partial charge in [-0.05, 0) is 24.3 Å². The predicted octanol–water partition coefficient (Wildman–Crippen LogP) is 2.58. The van der Waals surface area contributed by atoms with Crippen molar-refractivity contribution in [3.05, 3.63) is 24.7 Å². The second kappa shape index (κ2) is 4.19. The van der Waals surface area contributed by atoms with Crippen LogP contribution in [-0.4, -0.2) is 20.5 Å². The minimum atomic E-state index is 0.0603. The molecule has 1 atom stereocenters. The highest BCUT2D eigenvalue weighted by atomic mass is 16.1. The first-order chi connectivity index (χ1) is 8.65. The standard InChI is InChI=1S/C14H17N3O/c1-14(5-2-3-12(18)7-14)10-17-9-11-4-6-15-8-13(11)16-17/h4,6,8-9H,2-3,5,7,10H2,1H3/t14-/m0/s1. The van der Waals surface area contributed by atoms with Crippen LogP contribution in [0.4, 0.5) is 0 Å². The Balaban J connectivity index is 1.85. The highest BCUT2D eigenvalue weighted by Gasteiger charge is 2.31. The number of rotatable bonds is 2. The second-order valence-corrected chi connectivity index (χ2v) is 5.64. The number of pyridine rings is 1. The average Bonchev–Trinajstić information content (AvgIpc) is 2.69. The Labute approximate surface area is 106 Å². The van der Waals surface area contributed by atoms with Crippen LogP contribution in [0.2, 0.25) is 0 Å². The van der Waals surface area contributed by atoms with E-state index in [9.17, 15) is 4.79 Å². The van der Waals surface area contributed by atoms with Gasteiger partial charge < -0.3 is 0 Å². The molecule has 1 aliphatic carbocycles. The highest BCUT2D eigenvalue weighted by Crippen LogP contribution is 2.35. The maximum absolute atomic E-state index is 11.6. The molecule has 0 amide bonds. The van der Waals surface area contributed by atoms with Gasteiger partial charge >= 0.3 is 0 Å². The zero-order chi connectivity index (χ0) is 12.6. The Hall–Kier alpha value is -1.71. The molecule has 0 saturated heterocycles. The summed E-state index contributed by atoms with van der Waals surface area (Å²) in [6.07, 6.45) is 9.15. The lowest BCUT2D eigenvalue weighted by Gasteiger charge is -2.32. The van der Waals surface area contributed by atoms with Gasteiger partial charge in [0.15, 0.2) is 0 Å². The Morgan fingerprint density at radius 1 is 1.50 bits per heavy atom. The summed E-state index contributed by atoms with van der Waals surface area (Å²) in [5.41, 5.74) is 0.980. The van der Waals surface area contributed by atoms with Crippen molar-refractivity contribution in [2.75, 3.05) is 0 Å². The van der Waals surface area contributed by atoms with Crippen LogP contribution >= 0.6 is 0 Å². The molecule has 0 radical (unpaired) electrons. The molecule has 4 nitrogen and oxygen atoms in total. The SMILES string of the molecule is C[C@]1(Cn2cc3ccncc3n2)CCCC(=O)C1. The molecule has 0 aromatic carbocycles. The van der Waals surface area contributed by atoms with E-state index in [1.54, 1.807) is 12.4 Å². The van der Waals surface area contributed by atoms with Crippen LogP contribution in [0.5, 0.6) is 0 Å². The molecule has 4 heteroatoms. The summed E-state index contributed by atoms with van der Waals surface area (Å²) in [5.74, 6) is 0.391. The normalized spacial score (nSPS) is 24.6. The van der Waals surface area contributed by atoms with E-state index in [1.807, 2.05) is 16.9 Å². The van der Waals surface area contributed by atoms with E-state index in [4.69, 9.17) is 0 Å². The number of carbonyl (C=O) groups is 1. The lowest BCUT2D eigenvalue weighted by Crippen LogP contribution is -2.30. The van der Waals surface area contributed by atoms with E-state index in [2.05, 4.69) is 17.0 Å². The Morgan fingerprint density at radius 3 is 3.17 bits per heavy atom. The average molecular weight is 243 g/mol. The van der Waals surface area contributed by atoms with Crippen molar-refractivity contribution in [2.24, 2.45) is 5.41 Å². The van der Waals surface area contributed by atoms with Crippen molar-refractivity contribution in [2.45, 2.75) is 39.2 Å². The van der Waals surface area contributed by atoms with Crippen LogP contribution < -0.4 is 0 Å². The van der Waals surface area contributed by atoms with Gasteiger partial charge in [-0.15, -0.1) is 0 Å². The molecule has 2 aromatic rings. The fraction of sp³-hybridized carbons (Fsp3) is 0.500. The number of fused-ring (bicyclic) bond motifs is 1. The van der Waals surface area contributed by atoms with E-state index in [-0.39, 0.29) is 5.41 Å². The third-order valence-electron chi connectivity index (χ3n) is 3.76.